The lowest BCUT2D eigenvalue weighted by Gasteiger charge is -2.33. The Morgan fingerprint density at radius 1 is 1.48 bits per heavy atom. The zero-order chi connectivity index (χ0) is 15.5. The lowest BCUT2D eigenvalue weighted by Crippen LogP contribution is -2.44. The number of nitrogens with two attached hydrogens (primary N) is 1. The molecule has 0 saturated carbocycles. The third kappa shape index (κ3) is 3.83. The van der Waals surface area contributed by atoms with E-state index in [2.05, 4.69) is 0 Å². The summed E-state index contributed by atoms with van der Waals surface area (Å²) < 4.78 is 32.1. The Hall–Kier alpha value is -0.950. The van der Waals surface area contributed by atoms with E-state index in [0.717, 1.165) is 18.4 Å². The molecule has 0 amide bonds. The van der Waals surface area contributed by atoms with Gasteiger partial charge in [0.05, 0.1) is 11.5 Å². The molecule has 0 aliphatic carbocycles. The van der Waals surface area contributed by atoms with Crippen molar-refractivity contribution >= 4 is 10.0 Å². The fraction of sp³-hybridized carbons (Fsp3) is 0.600. The number of methoxy groups -OCH3 is 1. The summed E-state index contributed by atoms with van der Waals surface area (Å²) in [4.78, 5) is 0.336. The van der Waals surface area contributed by atoms with Gasteiger partial charge in [-0.1, -0.05) is 12.1 Å². The number of ether oxygens (including phenoxy) is 1. The van der Waals surface area contributed by atoms with Crippen LogP contribution in [-0.4, -0.2) is 39.0 Å². The minimum atomic E-state index is -3.45. The highest BCUT2D eigenvalue weighted by Crippen LogP contribution is 2.25. The minimum absolute atomic E-state index is 0.0165. The first-order valence-corrected chi connectivity index (χ1v) is 8.72. The summed E-state index contributed by atoms with van der Waals surface area (Å²) in [5.74, 6) is 0.232. The molecule has 6 heteroatoms. The molecular formula is C15H24N2O3S. The summed E-state index contributed by atoms with van der Waals surface area (Å²) in [5.41, 5.74) is 6.80. The van der Waals surface area contributed by atoms with E-state index in [-0.39, 0.29) is 12.0 Å². The van der Waals surface area contributed by atoms with Gasteiger partial charge in [0.2, 0.25) is 10.0 Å². The highest BCUT2D eigenvalue weighted by molar-refractivity contribution is 7.89. The largest absolute Gasteiger partial charge is 0.380 e. The summed E-state index contributed by atoms with van der Waals surface area (Å²) >= 11 is 0. The van der Waals surface area contributed by atoms with E-state index < -0.39 is 10.0 Å². The fourth-order valence-corrected chi connectivity index (χ4v) is 4.34. The van der Waals surface area contributed by atoms with Crippen LogP contribution in [0.25, 0.3) is 0 Å². The maximum atomic E-state index is 12.8. The SMILES string of the molecule is COCc1cccc(S(=O)(=O)N2CCCC(C(C)N)C2)c1. The van der Waals surface area contributed by atoms with Gasteiger partial charge in [-0.05, 0) is 43.4 Å². The smallest absolute Gasteiger partial charge is 0.243 e. The summed E-state index contributed by atoms with van der Waals surface area (Å²) in [5, 5.41) is 0. The van der Waals surface area contributed by atoms with Gasteiger partial charge in [0.25, 0.3) is 0 Å². The second-order valence-corrected chi connectivity index (χ2v) is 7.64. The lowest BCUT2D eigenvalue weighted by atomic mass is 9.93. The van der Waals surface area contributed by atoms with Crippen LogP contribution in [-0.2, 0) is 21.4 Å². The predicted molar refractivity (Wildman–Crippen MR) is 82.3 cm³/mol. The van der Waals surface area contributed by atoms with Crippen molar-refractivity contribution in [2.75, 3.05) is 20.2 Å². The van der Waals surface area contributed by atoms with Crippen molar-refractivity contribution < 1.29 is 13.2 Å². The van der Waals surface area contributed by atoms with Crippen LogP contribution in [0.15, 0.2) is 29.2 Å². The number of benzene rings is 1. The van der Waals surface area contributed by atoms with E-state index in [9.17, 15) is 8.42 Å². The molecule has 5 nitrogen and oxygen atoms in total. The number of rotatable bonds is 5. The molecule has 0 spiro atoms. The molecule has 118 valence electrons. The van der Waals surface area contributed by atoms with Crippen molar-refractivity contribution in [2.45, 2.75) is 37.3 Å². The van der Waals surface area contributed by atoms with Gasteiger partial charge in [0.15, 0.2) is 0 Å². The Bertz CT molecular complexity index is 572. The zero-order valence-corrected chi connectivity index (χ0v) is 13.5. The Balaban J connectivity index is 2.22. The quantitative estimate of drug-likeness (QED) is 0.896. The van der Waals surface area contributed by atoms with Gasteiger partial charge in [-0.2, -0.15) is 4.31 Å². The summed E-state index contributed by atoms with van der Waals surface area (Å²) in [7, 11) is -1.85. The minimum Gasteiger partial charge on any atom is -0.380 e. The van der Waals surface area contributed by atoms with Crippen LogP contribution >= 0.6 is 0 Å². The molecule has 0 bridgehead atoms. The zero-order valence-electron chi connectivity index (χ0n) is 12.7. The Morgan fingerprint density at radius 2 is 2.24 bits per heavy atom. The molecule has 21 heavy (non-hydrogen) atoms. The normalized spacial score (nSPS) is 22.1. The van der Waals surface area contributed by atoms with Crippen LogP contribution < -0.4 is 5.73 Å². The maximum absolute atomic E-state index is 12.8. The van der Waals surface area contributed by atoms with Crippen LogP contribution in [0.4, 0.5) is 0 Å². The third-order valence-corrected chi connectivity index (χ3v) is 5.87. The van der Waals surface area contributed by atoms with Gasteiger partial charge < -0.3 is 10.5 Å². The van der Waals surface area contributed by atoms with Gasteiger partial charge in [-0.15, -0.1) is 0 Å². The number of sulfonamides is 1. The van der Waals surface area contributed by atoms with Crippen molar-refractivity contribution in [2.24, 2.45) is 11.7 Å². The van der Waals surface area contributed by atoms with Crippen LogP contribution in [0.5, 0.6) is 0 Å². The summed E-state index contributed by atoms with van der Waals surface area (Å²) in [6.45, 7) is 3.43. The lowest BCUT2D eigenvalue weighted by molar-refractivity contribution is 0.184. The molecule has 1 heterocycles. The van der Waals surface area contributed by atoms with Crippen LogP contribution in [0.1, 0.15) is 25.3 Å². The van der Waals surface area contributed by atoms with Gasteiger partial charge in [-0.3, -0.25) is 0 Å². The highest BCUT2D eigenvalue weighted by Gasteiger charge is 2.31. The van der Waals surface area contributed by atoms with Crippen molar-refractivity contribution in [1.29, 1.82) is 0 Å². The molecule has 1 saturated heterocycles. The monoisotopic (exact) mass is 312 g/mol. The van der Waals surface area contributed by atoms with Crippen LogP contribution in [0.2, 0.25) is 0 Å². The molecule has 2 rings (SSSR count). The van der Waals surface area contributed by atoms with Gasteiger partial charge in [-0.25, -0.2) is 8.42 Å². The van der Waals surface area contributed by atoms with E-state index in [1.165, 1.54) is 0 Å². The predicted octanol–water partition coefficient (Wildman–Crippen LogP) is 1.58. The Morgan fingerprint density at radius 3 is 2.90 bits per heavy atom. The first-order valence-electron chi connectivity index (χ1n) is 7.28. The molecule has 2 atom stereocenters. The first-order chi connectivity index (χ1) is 9.95. The second-order valence-electron chi connectivity index (χ2n) is 5.70. The molecule has 0 radical (unpaired) electrons. The molecule has 1 aromatic carbocycles. The van der Waals surface area contributed by atoms with E-state index in [1.807, 2.05) is 13.0 Å². The van der Waals surface area contributed by atoms with Gasteiger partial charge >= 0.3 is 0 Å². The number of piperidine rings is 1. The van der Waals surface area contributed by atoms with E-state index >= 15 is 0 Å². The van der Waals surface area contributed by atoms with E-state index in [0.29, 0.717) is 24.6 Å². The summed E-state index contributed by atoms with van der Waals surface area (Å²) in [6.07, 6.45) is 1.86. The van der Waals surface area contributed by atoms with Gasteiger partial charge in [0, 0.05) is 26.2 Å². The molecule has 2 unspecified atom stereocenters. The molecule has 1 aliphatic heterocycles. The fourth-order valence-electron chi connectivity index (χ4n) is 2.73. The van der Waals surface area contributed by atoms with Crippen molar-refractivity contribution in [1.82, 2.24) is 4.31 Å². The molecular weight excluding hydrogens is 288 g/mol. The standard InChI is InChI=1S/C15H24N2O3S/c1-12(16)14-6-4-8-17(10-14)21(18,19)15-7-3-5-13(9-15)11-20-2/h3,5,7,9,12,14H,4,6,8,10-11,16H2,1-2H3. The molecule has 0 aromatic heterocycles. The number of hydrogen-bond donors (Lipinski definition) is 1. The Labute approximate surface area is 127 Å². The van der Waals surface area contributed by atoms with Crippen LogP contribution in [0, 0.1) is 5.92 Å². The third-order valence-electron chi connectivity index (χ3n) is 4.01. The van der Waals surface area contributed by atoms with Crippen molar-refractivity contribution in [3.05, 3.63) is 29.8 Å². The molecule has 1 aromatic rings. The Kier molecular flexibility index (Phi) is 5.37. The summed E-state index contributed by atoms with van der Waals surface area (Å²) in [6, 6.07) is 6.97. The average Bonchev–Trinajstić information content (AvgIpc) is 2.48. The topological polar surface area (TPSA) is 72.6 Å². The molecule has 1 aliphatic rings. The van der Waals surface area contributed by atoms with Crippen molar-refractivity contribution in [3.8, 4) is 0 Å². The first kappa shape index (κ1) is 16.4. The maximum Gasteiger partial charge on any atom is 0.243 e. The van der Waals surface area contributed by atoms with E-state index in [1.54, 1.807) is 29.6 Å². The molecule has 1 fully saturated rings. The number of hydrogen-bond acceptors (Lipinski definition) is 4. The highest BCUT2D eigenvalue weighted by atomic mass is 32.2. The van der Waals surface area contributed by atoms with Gasteiger partial charge in [0.1, 0.15) is 0 Å². The van der Waals surface area contributed by atoms with E-state index in [4.69, 9.17) is 10.5 Å². The molecule has 2 N–H and O–H groups in total. The number of nitrogens with zero attached hydrogens (tertiary/aromatic N) is 1. The average molecular weight is 312 g/mol. The second kappa shape index (κ2) is 6.87. The van der Waals surface area contributed by atoms with Crippen LogP contribution in [0.3, 0.4) is 0 Å². The van der Waals surface area contributed by atoms with Crippen molar-refractivity contribution in [3.63, 3.8) is 0 Å².